The van der Waals surface area contributed by atoms with Crippen LogP contribution in [-0.2, 0) is 4.74 Å². The predicted molar refractivity (Wildman–Crippen MR) is 106 cm³/mol. The summed E-state index contributed by atoms with van der Waals surface area (Å²) in [4.78, 5) is 12.0. The number of hydrogen-bond acceptors (Lipinski definition) is 7. The number of nitrogens with zero attached hydrogens (tertiary/aromatic N) is 4. The first-order chi connectivity index (χ1) is 13.8. The van der Waals surface area contributed by atoms with E-state index in [9.17, 15) is 0 Å². The summed E-state index contributed by atoms with van der Waals surface area (Å²) >= 11 is 0. The Bertz CT molecular complexity index is 958. The third kappa shape index (κ3) is 3.09. The van der Waals surface area contributed by atoms with E-state index in [1.165, 1.54) is 12.8 Å². The summed E-state index contributed by atoms with van der Waals surface area (Å²) in [6.45, 7) is 2.95. The van der Waals surface area contributed by atoms with Crippen molar-refractivity contribution in [3.8, 4) is 17.1 Å². The number of rotatable bonds is 4. The number of methoxy groups -OCH3 is 1. The quantitative estimate of drug-likeness (QED) is 0.682. The van der Waals surface area contributed by atoms with Crippen LogP contribution in [0, 0.1) is 0 Å². The van der Waals surface area contributed by atoms with E-state index in [4.69, 9.17) is 24.0 Å². The second-order valence-corrected chi connectivity index (χ2v) is 7.43. The molecule has 3 heterocycles. The summed E-state index contributed by atoms with van der Waals surface area (Å²) in [5.74, 6) is 2.75. The Kier molecular flexibility index (Phi) is 4.60. The van der Waals surface area contributed by atoms with Gasteiger partial charge in [0, 0.05) is 24.6 Å². The molecular formula is C21H24N4O3. The van der Waals surface area contributed by atoms with Crippen LogP contribution in [0.2, 0.25) is 0 Å². The van der Waals surface area contributed by atoms with Crippen molar-refractivity contribution in [1.29, 1.82) is 0 Å². The number of anilines is 1. The lowest BCUT2D eigenvalue weighted by Gasteiger charge is -2.27. The highest BCUT2D eigenvalue weighted by molar-refractivity contribution is 5.88. The third-order valence-corrected chi connectivity index (χ3v) is 5.73. The van der Waals surface area contributed by atoms with Gasteiger partial charge in [-0.3, -0.25) is 0 Å². The summed E-state index contributed by atoms with van der Waals surface area (Å²) in [6.07, 6.45) is 4.78. The van der Waals surface area contributed by atoms with Crippen LogP contribution in [0.3, 0.4) is 0 Å². The van der Waals surface area contributed by atoms with Crippen LogP contribution in [0.1, 0.15) is 37.3 Å². The largest absolute Gasteiger partial charge is 0.497 e. The average molecular weight is 380 g/mol. The fourth-order valence-corrected chi connectivity index (χ4v) is 4.16. The van der Waals surface area contributed by atoms with Crippen molar-refractivity contribution in [2.45, 2.75) is 31.6 Å². The maximum Gasteiger partial charge on any atom is 0.227 e. The molecule has 0 amide bonds. The molecule has 7 nitrogen and oxygen atoms in total. The molecule has 5 rings (SSSR count). The van der Waals surface area contributed by atoms with Crippen LogP contribution in [0.15, 0.2) is 28.8 Å². The maximum atomic E-state index is 5.80. The Hall–Kier alpha value is -2.67. The van der Waals surface area contributed by atoms with Gasteiger partial charge in [0.15, 0.2) is 11.6 Å². The van der Waals surface area contributed by atoms with Crippen LogP contribution >= 0.6 is 0 Å². The molecule has 1 aliphatic carbocycles. The van der Waals surface area contributed by atoms with E-state index in [1.807, 2.05) is 24.3 Å². The first-order valence-corrected chi connectivity index (χ1v) is 9.98. The topological polar surface area (TPSA) is 73.5 Å². The molecule has 3 aromatic rings. The molecule has 146 valence electrons. The summed E-state index contributed by atoms with van der Waals surface area (Å²) in [5, 5.41) is 4.44. The Balaban J connectivity index is 1.65. The van der Waals surface area contributed by atoms with Crippen molar-refractivity contribution in [3.63, 3.8) is 0 Å². The van der Waals surface area contributed by atoms with E-state index in [2.05, 4.69) is 10.1 Å². The van der Waals surface area contributed by atoms with Gasteiger partial charge in [-0.15, -0.1) is 0 Å². The second-order valence-electron chi connectivity index (χ2n) is 7.43. The highest BCUT2D eigenvalue weighted by Gasteiger charge is 2.28. The maximum absolute atomic E-state index is 5.80. The number of fused-ring (bicyclic) bond motifs is 1. The molecule has 28 heavy (non-hydrogen) atoms. The lowest BCUT2D eigenvalue weighted by Crippen LogP contribution is -2.37. The number of aromatic nitrogens is 3. The van der Waals surface area contributed by atoms with Crippen molar-refractivity contribution >= 4 is 16.9 Å². The number of morpholine rings is 1. The zero-order valence-electron chi connectivity index (χ0n) is 16.1. The zero-order chi connectivity index (χ0) is 18.9. The van der Waals surface area contributed by atoms with Gasteiger partial charge in [-0.1, -0.05) is 18.0 Å². The van der Waals surface area contributed by atoms with E-state index in [-0.39, 0.29) is 0 Å². The Morgan fingerprint density at radius 1 is 1.04 bits per heavy atom. The van der Waals surface area contributed by atoms with Gasteiger partial charge >= 0.3 is 0 Å². The molecule has 0 bridgehead atoms. The third-order valence-electron chi connectivity index (χ3n) is 5.73. The average Bonchev–Trinajstić information content (AvgIpc) is 3.43. The van der Waals surface area contributed by atoms with Crippen LogP contribution in [-0.4, -0.2) is 48.5 Å². The molecule has 2 fully saturated rings. The van der Waals surface area contributed by atoms with Gasteiger partial charge in [0.25, 0.3) is 0 Å². The first-order valence-electron chi connectivity index (χ1n) is 9.98. The van der Waals surface area contributed by atoms with Gasteiger partial charge in [-0.2, -0.15) is 0 Å². The fourth-order valence-electron chi connectivity index (χ4n) is 4.16. The van der Waals surface area contributed by atoms with E-state index in [0.717, 1.165) is 54.3 Å². The van der Waals surface area contributed by atoms with Gasteiger partial charge in [-0.25, -0.2) is 9.97 Å². The summed E-state index contributed by atoms with van der Waals surface area (Å²) in [5.41, 5.74) is 3.49. The van der Waals surface area contributed by atoms with Crippen LogP contribution in [0.4, 0.5) is 5.82 Å². The van der Waals surface area contributed by atoms with Gasteiger partial charge in [0.1, 0.15) is 17.0 Å². The lowest BCUT2D eigenvalue weighted by molar-refractivity contribution is 0.122. The van der Waals surface area contributed by atoms with Gasteiger partial charge < -0.3 is 18.9 Å². The molecule has 0 unspecified atom stereocenters. The molecule has 2 aliphatic rings. The zero-order valence-corrected chi connectivity index (χ0v) is 16.1. The lowest BCUT2D eigenvalue weighted by atomic mass is 10.0. The van der Waals surface area contributed by atoms with E-state index >= 15 is 0 Å². The Labute approximate surface area is 163 Å². The SMILES string of the molecule is COc1ccc(-c2nc(N3CCOCC3)c3onc(C4CCCC4)c3n2)cc1. The van der Waals surface area contributed by atoms with Crippen molar-refractivity contribution in [3.05, 3.63) is 30.0 Å². The summed E-state index contributed by atoms with van der Waals surface area (Å²) < 4.78 is 16.6. The molecule has 0 N–H and O–H groups in total. The first kappa shape index (κ1) is 17.4. The molecule has 0 radical (unpaired) electrons. The highest BCUT2D eigenvalue weighted by Crippen LogP contribution is 2.39. The molecule has 1 saturated carbocycles. The van der Waals surface area contributed by atoms with Crippen molar-refractivity contribution in [2.75, 3.05) is 38.3 Å². The second kappa shape index (κ2) is 7.39. The highest BCUT2D eigenvalue weighted by atomic mass is 16.5. The standard InChI is InChI=1S/C21H24N4O3/c1-26-16-8-6-15(7-9-16)20-22-18-17(14-4-2-3-5-14)24-28-19(18)21(23-20)25-10-12-27-13-11-25/h6-9,14H,2-5,10-13H2,1H3. The Morgan fingerprint density at radius 2 is 1.79 bits per heavy atom. The minimum Gasteiger partial charge on any atom is -0.497 e. The monoisotopic (exact) mass is 380 g/mol. The molecule has 1 aromatic carbocycles. The number of ether oxygens (including phenoxy) is 2. The molecule has 7 heteroatoms. The van der Waals surface area contributed by atoms with Crippen molar-refractivity contribution in [1.82, 2.24) is 15.1 Å². The van der Waals surface area contributed by atoms with Crippen LogP contribution in [0.25, 0.3) is 22.5 Å². The molecular weight excluding hydrogens is 356 g/mol. The van der Waals surface area contributed by atoms with Crippen molar-refractivity contribution in [2.24, 2.45) is 0 Å². The van der Waals surface area contributed by atoms with Gasteiger partial charge in [0.05, 0.1) is 20.3 Å². The number of benzene rings is 1. The molecule has 2 aromatic heterocycles. The summed E-state index contributed by atoms with van der Waals surface area (Å²) in [6, 6.07) is 7.85. The van der Waals surface area contributed by atoms with E-state index in [1.54, 1.807) is 7.11 Å². The van der Waals surface area contributed by atoms with Crippen molar-refractivity contribution < 1.29 is 14.0 Å². The van der Waals surface area contributed by atoms with Crippen LogP contribution < -0.4 is 9.64 Å². The van der Waals surface area contributed by atoms with E-state index in [0.29, 0.717) is 30.5 Å². The molecule has 0 spiro atoms. The molecule has 1 saturated heterocycles. The molecule has 0 atom stereocenters. The minimum absolute atomic E-state index is 0.428. The summed E-state index contributed by atoms with van der Waals surface area (Å²) in [7, 11) is 1.67. The van der Waals surface area contributed by atoms with E-state index < -0.39 is 0 Å². The van der Waals surface area contributed by atoms with Crippen LogP contribution in [0.5, 0.6) is 5.75 Å². The number of hydrogen-bond donors (Lipinski definition) is 0. The fraction of sp³-hybridized carbons (Fsp3) is 0.476. The minimum atomic E-state index is 0.428. The van der Waals surface area contributed by atoms with Gasteiger partial charge in [-0.05, 0) is 37.1 Å². The smallest absolute Gasteiger partial charge is 0.227 e. The van der Waals surface area contributed by atoms with Gasteiger partial charge in [0.2, 0.25) is 5.58 Å². The predicted octanol–water partition coefficient (Wildman–Crippen LogP) is 3.79. The normalized spacial score (nSPS) is 18.1. The molecule has 1 aliphatic heterocycles. The Morgan fingerprint density at radius 3 is 2.50 bits per heavy atom.